The van der Waals surface area contributed by atoms with Gasteiger partial charge in [-0.2, -0.15) is 5.10 Å². The van der Waals surface area contributed by atoms with E-state index in [1.165, 1.54) is 0 Å². The molecule has 2 N–H and O–H groups in total. The fourth-order valence-electron chi connectivity index (χ4n) is 1.64. The van der Waals surface area contributed by atoms with Gasteiger partial charge in [-0.3, -0.25) is 9.82 Å². The van der Waals surface area contributed by atoms with E-state index in [-0.39, 0.29) is 16.5 Å². The molecule has 2 aromatic rings. The number of aryl methyl sites for hydroxylation is 3. The van der Waals surface area contributed by atoms with Crippen molar-refractivity contribution in [1.29, 1.82) is 0 Å². The van der Waals surface area contributed by atoms with Crippen molar-refractivity contribution in [2.45, 2.75) is 32.1 Å². The van der Waals surface area contributed by atoms with E-state index in [4.69, 9.17) is 4.52 Å². The fourth-order valence-corrected chi connectivity index (χ4v) is 2.97. The lowest BCUT2D eigenvalue weighted by Gasteiger charge is -2.03. The van der Waals surface area contributed by atoms with Gasteiger partial charge in [0, 0.05) is 11.8 Å². The zero-order valence-corrected chi connectivity index (χ0v) is 11.1. The smallest absolute Gasteiger partial charge is 0.268 e. The average Bonchev–Trinajstić information content (AvgIpc) is 2.85. The van der Waals surface area contributed by atoms with Gasteiger partial charge in [0.1, 0.15) is 5.69 Å². The van der Waals surface area contributed by atoms with Gasteiger partial charge in [0.05, 0.1) is 0 Å². The van der Waals surface area contributed by atoms with Gasteiger partial charge in [-0.15, -0.1) is 0 Å². The Bertz CT molecular complexity index is 637. The Labute approximate surface area is 105 Å². The summed E-state index contributed by atoms with van der Waals surface area (Å²) in [6, 6.07) is 1.65. The van der Waals surface area contributed by atoms with Gasteiger partial charge in [0.2, 0.25) is 0 Å². The van der Waals surface area contributed by atoms with E-state index in [2.05, 4.69) is 20.1 Å². The molecule has 2 rings (SSSR count). The summed E-state index contributed by atoms with van der Waals surface area (Å²) in [5.74, 6) is 0.512. The van der Waals surface area contributed by atoms with Crippen LogP contribution in [0.2, 0.25) is 0 Å². The first-order valence-corrected chi connectivity index (χ1v) is 6.92. The van der Waals surface area contributed by atoms with Crippen molar-refractivity contribution in [3.8, 4) is 0 Å². The molecule has 0 aliphatic rings. The minimum Gasteiger partial charge on any atom is -0.360 e. The molecule has 0 fully saturated rings. The molecular weight excluding hydrogens is 256 g/mol. The Balaban J connectivity index is 2.33. The summed E-state index contributed by atoms with van der Waals surface area (Å²) < 4.78 is 31.5. The molecule has 7 nitrogen and oxygen atoms in total. The van der Waals surface area contributed by atoms with E-state index in [9.17, 15) is 8.42 Å². The molecule has 0 unspecified atom stereocenters. The molecule has 0 aromatic carbocycles. The highest BCUT2D eigenvalue weighted by atomic mass is 32.2. The Morgan fingerprint density at radius 3 is 2.67 bits per heavy atom. The molecule has 2 heterocycles. The second kappa shape index (κ2) is 4.45. The molecule has 0 amide bonds. The summed E-state index contributed by atoms with van der Waals surface area (Å²) in [5.41, 5.74) is 1.18. The van der Waals surface area contributed by atoms with E-state index < -0.39 is 10.0 Å². The maximum Gasteiger partial charge on any atom is 0.268 e. The molecule has 0 bridgehead atoms. The lowest BCUT2D eigenvalue weighted by Crippen LogP contribution is -2.14. The summed E-state index contributed by atoms with van der Waals surface area (Å²) in [4.78, 5) is 0.0588. The van der Waals surface area contributed by atoms with Crippen LogP contribution in [0, 0.1) is 13.8 Å². The summed E-state index contributed by atoms with van der Waals surface area (Å²) in [5, 5.41) is 10.2. The minimum atomic E-state index is -3.71. The minimum absolute atomic E-state index is 0.0588. The average molecular weight is 270 g/mol. The van der Waals surface area contributed by atoms with Crippen LogP contribution in [-0.4, -0.2) is 23.8 Å². The first kappa shape index (κ1) is 12.6. The van der Waals surface area contributed by atoms with Crippen LogP contribution < -0.4 is 4.72 Å². The third kappa shape index (κ3) is 2.23. The van der Waals surface area contributed by atoms with Gasteiger partial charge in [-0.25, -0.2) is 8.42 Å². The SMILES string of the molecule is CCc1cc(NS(=O)(=O)c2c(C)noc2C)n[nH]1. The maximum atomic E-state index is 12.1. The molecule has 0 saturated carbocycles. The third-order valence-corrected chi connectivity index (χ3v) is 4.09. The van der Waals surface area contributed by atoms with Crippen molar-refractivity contribution in [1.82, 2.24) is 15.4 Å². The quantitative estimate of drug-likeness (QED) is 0.874. The molecule has 0 spiro atoms. The van der Waals surface area contributed by atoms with E-state index in [0.29, 0.717) is 5.69 Å². The Morgan fingerprint density at radius 1 is 1.44 bits per heavy atom. The van der Waals surface area contributed by atoms with Crippen LogP contribution in [0.1, 0.15) is 24.1 Å². The van der Waals surface area contributed by atoms with Crippen molar-refractivity contribution in [3.05, 3.63) is 23.2 Å². The standard InChI is InChI=1S/C10H14N4O3S/c1-4-8-5-9(12-11-8)14-18(15,16)10-6(2)13-17-7(10)3/h5H,4H2,1-3H3,(H2,11,12,14). The van der Waals surface area contributed by atoms with Crippen molar-refractivity contribution < 1.29 is 12.9 Å². The predicted octanol–water partition coefficient (Wildman–Crippen LogP) is 1.38. The Hall–Kier alpha value is -1.83. The van der Waals surface area contributed by atoms with E-state index in [1.54, 1.807) is 19.9 Å². The van der Waals surface area contributed by atoms with Gasteiger partial charge >= 0.3 is 0 Å². The number of hydrogen-bond acceptors (Lipinski definition) is 5. The van der Waals surface area contributed by atoms with Crippen LogP contribution in [0.3, 0.4) is 0 Å². The monoisotopic (exact) mass is 270 g/mol. The molecule has 98 valence electrons. The van der Waals surface area contributed by atoms with Crippen LogP contribution >= 0.6 is 0 Å². The van der Waals surface area contributed by atoms with Gasteiger partial charge in [0.25, 0.3) is 10.0 Å². The number of sulfonamides is 1. The lowest BCUT2D eigenvalue weighted by molar-refractivity contribution is 0.390. The number of nitrogens with zero attached hydrogens (tertiary/aromatic N) is 2. The molecule has 2 aromatic heterocycles. The number of hydrogen-bond donors (Lipinski definition) is 2. The fraction of sp³-hybridized carbons (Fsp3) is 0.400. The number of aromatic amines is 1. The van der Waals surface area contributed by atoms with Crippen molar-refractivity contribution in [2.75, 3.05) is 4.72 Å². The highest BCUT2D eigenvalue weighted by Gasteiger charge is 2.24. The summed E-state index contributed by atoms with van der Waals surface area (Å²) in [6.45, 7) is 5.07. The largest absolute Gasteiger partial charge is 0.360 e. The number of H-pyrrole nitrogens is 1. The molecular formula is C10H14N4O3S. The zero-order valence-electron chi connectivity index (χ0n) is 10.3. The summed E-state index contributed by atoms with van der Waals surface area (Å²) in [7, 11) is -3.71. The van der Waals surface area contributed by atoms with Crippen molar-refractivity contribution in [3.63, 3.8) is 0 Å². The molecule has 0 aliphatic heterocycles. The number of rotatable bonds is 4. The molecule has 0 atom stereocenters. The van der Waals surface area contributed by atoms with Gasteiger partial charge < -0.3 is 4.52 Å². The number of anilines is 1. The number of nitrogens with one attached hydrogen (secondary N) is 2. The number of aromatic nitrogens is 3. The molecule has 18 heavy (non-hydrogen) atoms. The second-order valence-electron chi connectivity index (χ2n) is 3.89. The Kier molecular flexibility index (Phi) is 3.12. The lowest BCUT2D eigenvalue weighted by atomic mass is 10.3. The van der Waals surface area contributed by atoms with Crippen LogP contribution in [0.25, 0.3) is 0 Å². The van der Waals surface area contributed by atoms with Gasteiger partial charge in [-0.05, 0) is 20.3 Å². The normalized spacial score (nSPS) is 11.7. The topological polar surface area (TPSA) is 101 Å². The highest BCUT2D eigenvalue weighted by Crippen LogP contribution is 2.21. The summed E-state index contributed by atoms with van der Waals surface area (Å²) in [6.07, 6.45) is 0.750. The van der Waals surface area contributed by atoms with E-state index in [0.717, 1.165) is 12.1 Å². The Morgan fingerprint density at radius 2 is 2.17 bits per heavy atom. The molecule has 0 aliphatic carbocycles. The van der Waals surface area contributed by atoms with Crippen molar-refractivity contribution >= 4 is 15.8 Å². The third-order valence-electron chi connectivity index (χ3n) is 2.49. The van der Waals surface area contributed by atoms with Crippen LogP contribution in [0.15, 0.2) is 15.5 Å². The van der Waals surface area contributed by atoms with Crippen LogP contribution in [0.4, 0.5) is 5.82 Å². The first-order chi connectivity index (χ1) is 8.44. The molecule has 0 radical (unpaired) electrons. The molecule has 8 heteroatoms. The zero-order chi connectivity index (χ0) is 13.3. The maximum absolute atomic E-state index is 12.1. The van der Waals surface area contributed by atoms with Crippen LogP contribution in [0.5, 0.6) is 0 Å². The molecule has 0 saturated heterocycles. The summed E-state index contributed by atoms with van der Waals surface area (Å²) >= 11 is 0. The van der Waals surface area contributed by atoms with E-state index >= 15 is 0 Å². The van der Waals surface area contributed by atoms with Crippen LogP contribution in [-0.2, 0) is 16.4 Å². The highest BCUT2D eigenvalue weighted by molar-refractivity contribution is 7.92. The van der Waals surface area contributed by atoms with Gasteiger partial charge in [0.15, 0.2) is 16.5 Å². The first-order valence-electron chi connectivity index (χ1n) is 5.44. The van der Waals surface area contributed by atoms with Crippen molar-refractivity contribution in [2.24, 2.45) is 0 Å². The van der Waals surface area contributed by atoms with E-state index in [1.807, 2.05) is 6.92 Å². The van der Waals surface area contributed by atoms with Gasteiger partial charge in [-0.1, -0.05) is 12.1 Å². The predicted molar refractivity (Wildman–Crippen MR) is 64.8 cm³/mol. The second-order valence-corrected chi connectivity index (χ2v) is 5.51.